The Hall–Kier alpha value is -3.93. The molecule has 6 nitrogen and oxygen atoms in total. The lowest BCUT2D eigenvalue weighted by Crippen LogP contribution is -2.30. The molecule has 0 bridgehead atoms. The fraction of sp³-hybridized carbons (Fsp3) is 0.720. The van der Waals surface area contributed by atoms with Gasteiger partial charge in [0.25, 0.3) is 0 Å². The summed E-state index contributed by atoms with van der Waals surface area (Å²) in [4.78, 5) is 38.5. The zero-order valence-electron chi connectivity index (χ0n) is 53.3. The summed E-state index contributed by atoms with van der Waals surface area (Å²) in [6.07, 6.45) is 93.8. The number of allylic oxidation sites excluding steroid dienone is 18. The average molecular weight is 1130 g/mol. The van der Waals surface area contributed by atoms with Crippen LogP contribution in [0.1, 0.15) is 329 Å². The molecule has 0 N–H and O–H groups in total. The summed E-state index contributed by atoms with van der Waals surface area (Å²) in [5, 5.41) is 0. The van der Waals surface area contributed by atoms with Crippen LogP contribution in [0.5, 0.6) is 0 Å². The van der Waals surface area contributed by atoms with Crippen molar-refractivity contribution in [3.8, 4) is 0 Å². The van der Waals surface area contributed by atoms with E-state index in [-0.39, 0.29) is 31.1 Å². The van der Waals surface area contributed by atoms with Gasteiger partial charge in [-0.1, -0.05) is 291 Å². The molecule has 464 valence electrons. The highest BCUT2D eigenvalue weighted by atomic mass is 16.6. The number of carbonyl (C=O) groups is 3. The quantitative estimate of drug-likeness (QED) is 0.0261. The standard InChI is InChI=1S/C75H128O6/c1-4-7-10-13-16-19-22-25-28-31-33-35-37-39-41-44-47-50-53-56-59-62-65-68-74(77)80-71-72(70-79-73(76)67-64-61-58-55-52-49-46-43-30-27-24-21-18-15-12-9-6-3)81-75(78)69-66-63-60-57-54-51-48-45-42-40-38-36-34-32-29-26-23-20-17-14-11-8-5-2/h7,10,16,18-19,21,25,27-28,30,32-35,39,41,47,50,72H,4-6,8-9,11-15,17,20,22-24,26,29,31,36-38,40,42-46,48-49,51-71H2,1-3H3/b10-7-,19-16-,21-18-,28-25-,30-27-,34-32-,35-33-,41-39-,50-47-. The minimum Gasteiger partial charge on any atom is -0.462 e. The van der Waals surface area contributed by atoms with Crippen molar-refractivity contribution in [2.45, 2.75) is 335 Å². The highest BCUT2D eigenvalue weighted by molar-refractivity contribution is 5.71. The first-order valence-corrected chi connectivity index (χ1v) is 34.4. The van der Waals surface area contributed by atoms with E-state index in [0.717, 1.165) is 122 Å². The molecule has 0 saturated carbocycles. The van der Waals surface area contributed by atoms with Gasteiger partial charge in [0.15, 0.2) is 6.10 Å². The average Bonchev–Trinajstić information content (AvgIpc) is 3.47. The topological polar surface area (TPSA) is 78.9 Å². The summed E-state index contributed by atoms with van der Waals surface area (Å²) in [6, 6.07) is 0. The molecular weight excluding hydrogens is 997 g/mol. The van der Waals surface area contributed by atoms with Gasteiger partial charge in [-0.15, -0.1) is 0 Å². The van der Waals surface area contributed by atoms with Crippen LogP contribution in [0.25, 0.3) is 0 Å². The molecule has 0 amide bonds. The molecule has 81 heavy (non-hydrogen) atoms. The summed E-state index contributed by atoms with van der Waals surface area (Å²) < 4.78 is 17.0. The van der Waals surface area contributed by atoms with E-state index in [2.05, 4.69) is 130 Å². The molecule has 0 saturated heterocycles. The van der Waals surface area contributed by atoms with Crippen LogP contribution in [-0.2, 0) is 28.6 Å². The second-order valence-corrected chi connectivity index (χ2v) is 22.7. The molecule has 0 aromatic heterocycles. The van der Waals surface area contributed by atoms with Gasteiger partial charge >= 0.3 is 17.9 Å². The van der Waals surface area contributed by atoms with Crippen LogP contribution in [-0.4, -0.2) is 37.2 Å². The minimum atomic E-state index is -0.797. The normalized spacial score (nSPS) is 12.8. The van der Waals surface area contributed by atoms with E-state index in [1.165, 1.54) is 167 Å². The highest BCUT2D eigenvalue weighted by Crippen LogP contribution is 2.16. The zero-order chi connectivity index (χ0) is 58.5. The molecule has 6 heteroatoms. The lowest BCUT2D eigenvalue weighted by molar-refractivity contribution is -0.167. The maximum atomic E-state index is 13.0. The van der Waals surface area contributed by atoms with Gasteiger partial charge < -0.3 is 14.2 Å². The van der Waals surface area contributed by atoms with Crippen molar-refractivity contribution in [3.63, 3.8) is 0 Å². The third-order valence-electron chi connectivity index (χ3n) is 14.7. The first-order valence-electron chi connectivity index (χ1n) is 34.4. The lowest BCUT2D eigenvalue weighted by Gasteiger charge is -2.18. The first-order chi connectivity index (χ1) is 40.0. The molecule has 1 unspecified atom stereocenters. The van der Waals surface area contributed by atoms with Gasteiger partial charge in [0, 0.05) is 19.3 Å². The van der Waals surface area contributed by atoms with E-state index < -0.39 is 6.10 Å². The van der Waals surface area contributed by atoms with Crippen molar-refractivity contribution >= 4 is 17.9 Å². The second kappa shape index (κ2) is 68.6. The van der Waals surface area contributed by atoms with Gasteiger partial charge in [-0.3, -0.25) is 14.4 Å². The van der Waals surface area contributed by atoms with Crippen LogP contribution in [0, 0.1) is 0 Å². The van der Waals surface area contributed by atoms with Gasteiger partial charge in [-0.2, -0.15) is 0 Å². The fourth-order valence-electron chi connectivity index (χ4n) is 9.59. The molecule has 0 aliphatic heterocycles. The second-order valence-electron chi connectivity index (χ2n) is 22.7. The van der Waals surface area contributed by atoms with Crippen molar-refractivity contribution in [1.29, 1.82) is 0 Å². The summed E-state index contributed by atoms with van der Waals surface area (Å²) >= 11 is 0. The number of ether oxygens (including phenoxy) is 3. The zero-order valence-corrected chi connectivity index (χ0v) is 53.3. The summed E-state index contributed by atoms with van der Waals surface area (Å²) in [5.41, 5.74) is 0. The maximum absolute atomic E-state index is 13.0. The number of unbranched alkanes of at least 4 members (excludes halogenated alkanes) is 33. The molecule has 0 aliphatic rings. The maximum Gasteiger partial charge on any atom is 0.306 e. The number of hydrogen-bond donors (Lipinski definition) is 0. The molecule has 0 radical (unpaired) electrons. The van der Waals surface area contributed by atoms with Crippen molar-refractivity contribution < 1.29 is 28.6 Å². The third-order valence-corrected chi connectivity index (χ3v) is 14.7. The molecule has 0 spiro atoms. The minimum absolute atomic E-state index is 0.0907. The molecule has 0 aliphatic carbocycles. The Labute approximate surface area is 501 Å². The van der Waals surface area contributed by atoms with Gasteiger partial charge in [-0.25, -0.2) is 0 Å². The first kappa shape index (κ1) is 77.1. The third kappa shape index (κ3) is 66.8. The Morgan fingerprint density at radius 1 is 0.259 bits per heavy atom. The van der Waals surface area contributed by atoms with Gasteiger partial charge in [0.1, 0.15) is 13.2 Å². The van der Waals surface area contributed by atoms with Crippen molar-refractivity contribution in [2.75, 3.05) is 13.2 Å². The monoisotopic (exact) mass is 1120 g/mol. The predicted octanol–water partition coefficient (Wildman–Crippen LogP) is 23.8. The molecular formula is C75H128O6. The van der Waals surface area contributed by atoms with Crippen LogP contribution in [0.2, 0.25) is 0 Å². The van der Waals surface area contributed by atoms with E-state index in [1.807, 2.05) is 0 Å². The molecule has 0 aromatic carbocycles. The van der Waals surface area contributed by atoms with Crippen molar-refractivity contribution in [3.05, 3.63) is 109 Å². The van der Waals surface area contributed by atoms with Crippen LogP contribution in [0.4, 0.5) is 0 Å². The van der Waals surface area contributed by atoms with E-state index in [4.69, 9.17) is 14.2 Å². The number of carbonyl (C=O) groups excluding carboxylic acids is 3. The van der Waals surface area contributed by atoms with Gasteiger partial charge in [-0.05, 0) is 128 Å². The van der Waals surface area contributed by atoms with E-state index >= 15 is 0 Å². The van der Waals surface area contributed by atoms with Crippen LogP contribution >= 0.6 is 0 Å². The summed E-state index contributed by atoms with van der Waals surface area (Å²) in [6.45, 7) is 6.51. The Morgan fingerprint density at radius 2 is 0.481 bits per heavy atom. The van der Waals surface area contributed by atoms with E-state index in [1.54, 1.807) is 0 Å². The lowest BCUT2D eigenvalue weighted by atomic mass is 10.0. The largest absolute Gasteiger partial charge is 0.462 e. The van der Waals surface area contributed by atoms with E-state index in [9.17, 15) is 14.4 Å². The molecule has 0 aromatic rings. The molecule has 0 heterocycles. The smallest absolute Gasteiger partial charge is 0.306 e. The van der Waals surface area contributed by atoms with Crippen LogP contribution in [0.3, 0.4) is 0 Å². The Morgan fingerprint density at radius 3 is 0.790 bits per heavy atom. The fourth-order valence-corrected chi connectivity index (χ4v) is 9.59. The van der Waals surface area contributed by atoms with Gasteiger partial charge in [0.05, 0.1) is 0 Å². The van der Waals surface area contributed by atoms with Crippen molar-refractivity contribution in [1.82, 2.24) is 0 Å². The van der Waals surface area contributed by atoms with Gasteiger partial charge in [0.2, 0.25) is 0 Å². The number of esters is 3. The Bertz CT molecular complexity index is 1620. The summed E-state index contributed by atoms with van der Waals surface area (Å²) in [5.74, 6) is -0.912. The molecule has 0 rings (SSSR count). The van der Waals surface area contributed by atoms with Crippen LogP contribution in [0.15, 0.2) is 109 Å². The Balaban J connectivity index is 4.43. The predicted molar refractivity (Wildman–Crippen MR) is 353 cm³/mol. The SMILES string of the molecule is CC/C=C\C/C=C\C/C=C\C/C=C\C/C=C\C/C=C\CCCCCCC(=O)OCC(COC(=O)CCCCCCCCC/C=C\C/C=C\CCCCC)OC(=O)CCCCCCCCCCCCC/C=C\CCCCCCCCCC. The van der Waals surface area contributed by atoms with Crippen molar-refractivity contribution in [2.24, 2.45) is 0 Å². The Kier molecular flexibility index (Phi) is 65.2. The number of rotatable bonds is 62. The molecule has 0 fully saturated rings. The molecule has 1 atom stereocenters. The van der Waals surface area contributed by atoms with Crippen LogP contribution < -0.4 is 0 Å². The summed E-state index contributed by atoms with van der Waals surface area (Å²) in [7, 11) is 0. The highest BCUT2D eigenvalue weighted by Gasteiger charge is 2.19. The number of hydrogen-bond acceptors (Lipinski definition) is 6. The van der Waals surface area contributed by atoms with E-state index in [0.29, 0.717) is 19.3 Å².